The Kier molecular flexibility index (Phi) is 5.82. The number of rotatable bonds is 5. The van der Waals surface area contributed by atoms with Gasteiger partial charge in [0.1, 0.15) is 0 Å². The minimum atomic E-state index is 0.0359. The van der Waals surface area contributed by atoms with Crippen molar-refractivity contribution in [3.8, 4) is 0 Å². The van der Waals surface area contributed by atoms with Gasteiger partial charge in [0.05, 0.1) is 11.4 Å². The topological polar surface area (TPSA) is 73.9 Å². The molecule has 1 aliphatic carbocycles. The normalized spacial score (nSPS) is 23.4. The molecule has 6 nitrogen and oxygen atoms in total. The van der Waals surface area contributed by atoms with Gasteiger partial charge in [-0.15, -0.1) is 0 Å². The molecule has 27 heavy (non-hydrogen) atoms. The zero-order chi connectivity index (χ0) is 18.5. The molecule has 0 bridgehead atoms. The molecule has 1 amide bonds. The largest absolute Gasteiger partial charge is 0.356 e. The second-order valence-corrected chi connectivity index (χ2v) is 7.98. The summed E-state index contributed by atoms with van der Waals surface area (Å²) >= 11 is 0. The Morgan fingerprint density at radius 2 is 2.00 bits per heavy atom. The predicted molar refractivity (Wildman–Crippen MR) is 104 cm³/mol. The van der Waals surface area contributed by atoms with Crippen LogP contribution in [-0.2, 0) is 24.2 Å². The molecule has 2 heterocycles. The fraction of sp³-hybridized carbons (Fsp3) is 0.571. The van der Waals surface area contributed by atoms with E-state index in [0.29, 0.717) is 12.3 Å². The Morgan fingerprint density at radius 1 is 1.15 bits per heavy atom. The van der Waals surface area contributed by atoms with Gasteiger partial charge in [-0.2, -0.15) is 15.4 Å². The highest BCUT2D eigenvalue weighted by Crippen LogP contribution is 2.23. The van der Waals surface area contributed by atoms with E-state index >= 15 is 0 Å². The number of amides is 1. The fourth-order valence-electron chi connectivity index (χ4n) is 4.37. The van der Waals surface area contributed by atoms with Crippen LogP contribution in [-0.4, -0.2) is 45.9 Å². The van der Waals surface area contributed by atoms with Gasteiger partial charge in [-0.25, -0.2) is 0 Å². The lowest BCUT2D eigenvalue weighted by Crippen LogP contribution is -2.39. The number of nitrogens with zero attached hydrogens (tertiary/aromatic N) is 3. The third-order valence-electron chi connectivity index (χ3n) is 5.91. The molecule has 1 aromatic carbocycles. The van der Waals surface area contributed by atoms with Crippen molar-refractivity contribution in [1.82, 2.24) is 25.6 Å². The van der Waals surface area contributed by atoms with Crippen molar-refractivity contribution in [1.29, 1.82) is 0 Å². The summed E-state index contributed by atoms with van der Waals surface area (Å²) in [4.78, 5) is 15.2. The molecular weight excluding hydrogens is 338 g/mol. The molecule has 2 aromatic rings. The first kappa shape index (κ1) is 18.2. The van der Waals surface area contributed by atoms with Crippen molar-refractivity contribution in [2.75, 3.05) is 19.6 Å². The maximum Gasteiger partial charge on any atom is 0.223 e. The number of aromatic nitrogens is 3. The van der Waals surface area contributed by atoms with Crippen LogP contribution < -0.4 is 5.32 Å². The lowest BCUT2D eigenvalue weighted by atomic mass is 9.89. The molecule has 1 saturated heterocycles. The number of H-pyrrole nitrogens is 1. The number of carbonyl (C=O) groups excluding carboxylic acids is 1. The Bertz CT molecular complexity index is 744. The van der Waals surface area contributed by atoms with Crippen molar-refractivity contribution < 1.29 is 4.79 Å². The number of aryl methyl sites for hydroxylation is 1. The predicted octanol–water partition coefficient (Wildman–Crippen LogP) is 2.33. The zero-order valence-electron chi connectivity index (χ0n) is 15.9. The van der Waals surface area contributed by atoms with E-state index in [1.54, 1.807) is 0 Å². The highest BCUT2D eigenvalue weighted by molar-refractivity contribution is 5.79. The Labute approximate surface area is 160 Å². The standard InChI is InChI=1S/C21H29N5O/c27-21(18-9-10-19-20(12-18)24-25-23-19)22-13-17-8-4-5-11-26(15-17)14-16-6-2-1-3-7-16/h1-3,6-7,17-18H,4-5,8-15H2,(H,22,27)(H,23,24,25). The summed E-state index contributed by atoms with van der Waals surface area (Å²) in [6.07, 6.45) is 6.12. The molecule has 4 rings (SSSR count). The van der Waals surface area contributed by atoms with Crippen LogP contribution in [0.5, 0.6) is 0 Å². The number of hydrogen-bond donors (Lipinski definition) is 2. The van der Waals surface area contributed by atoms with Crippen molar-refractivity contribution in [2.24, 2.45) is 11.8 Å². The maximum absolute atomic E-state index is 12.6. The third kappa shape index (κ3) is 4.75. The van der Waals surface area contributed by atoms with Gasteiger partial charge in [0.25, 0.3) is 0 Å². The lowest BCUT2D eigenvalue weighted by molar-refractivity contribution is -0.125. The number of fused-ring (bicyclic) bond motifs is 1. The van der Waals surface area contributed by atoms with Gasteiger partial charge in [-0.05, 0) is 43.7 Å². The van der Waals surface area contributed by atoms with Crippen molar-refractivity contribution >= 4 is 5.91 Å². The van der Waals surface area contributed by atoms with Crippen LogP contribution in [0.25, 0.3) is 0 Å². The number of nitrogens with one attached hydrogen (secondary N) is 2. The van der Waals surface area contributed by atoms with Gasteiger partial charge in [0.15, 0.2) is 0 Å². The van der Waals surface area contributed by atoms with Crippen LogP contribution >= 0.6 is 0 Å². The van der Waals surface area contributed by atoms with E-state index in [1.807, 2.05) is 0 Å². The molecular formula is C21H29N5O. The number of benzene rings is 1. The molecule has 1 fully saturated rings. The summed E-state index contributed by atoms with van der Waals surface area (Å²) in [5, 5.41) is 14.2. The summed E-state index contributed by atoms with van der Waals surface area (Å²) < 4.78 is 0. The van der Waals surface area contributed by atoms with Gasteiger partial charge in [0, 0.05) is 32.0 Å². The molecule has 2 atom stereocenters. The van der Waals surface area contributed by atoms with Crippen LogP contribution in [0.2, 0.25) is 0 Å². The number of aromatic amines is 1. The average Bonchev–Trinajstić information content (AvgIpc) is 3.06. The van der Waals surface area contributed by atoms with Crippen molar-refractivity contribution in [3.05, 3.63) is 47.3 Å². The van der Waals surface area contributed by atoms with Crippen LogP contribution in [0, 0.1) is 11.8 Å². The molecule has 1 aliphatic heterocycles. The van der Waals surface area contributed by atoms with Crippen LogP contribution in [0.3, 0.4) is 0 Å². The summed E-state index contributed by atoms with van der Waals surface area (Å²) in [6, 6.07) is 10.7. The smallest absolute Gasteiger partial charge is 0.223 e. The highest BCUT2D eigenvalue weighted by atomic mass is 16.1. The molecule has 0 spiro atoms. The fourth-order valence-corrected chi connectivity index (χ4v) is 4.37. The summed E-state index contributed by atoms with van der Waals surface area (Å²) in [5.41, 5.74) is 3.36. The SMILES string of the molecule is O=C(NCC1CCCCN(Cc2ccccc2)C1)C1CCc2n[nH]nc2C1. The minimum Gasteiger partial charge on any atom is -0.356 e. The van der Waals surface area contributed by atoms with E-state index in [1.165, 1.54) is 24.8 Å². The first-order chi connectivity index (χ1) is 13.3. The van der Waals surface area contributed by atoms with Crippen molar-refractivity contribution in [2.45, 2.75) is 45.1 Å². The molecule has 0 saturated carbocycles. The molecule has 2 N–H and O–H groups in total. The first-order valence-corrected chi connectivity index (χ1v) is 10.2. The third-order valence-corrected chi connectivity index (χ3v) is 5.91. The van der Waals surface area contributed by atoms with Gasteiger partial charge in [0.2, 0.25) is 5.91 Å². The highest BCUT2D eigenvalue weighted by Gasteiger charge is 2.28. The summed E-state index contributed by atoms with van der Waals surface area (Å²) in [7, 11) is 0. The van der Waals surface area contributed by atoms with E-state index in [4.69, 9.17) is 0 Å². The molecule has 1 aromatic heterocycles. The summed E-state index contributed by atoms with van der Waals surface area (Å²) in [5.74, 6) is 0.752. The van der Waals surface area contributed by atoms with E-state index in [0.717, 1.165) is 50.4 Å². The van der Waals surface area contributed by atoms with Crippen molar-refractivity contribution in [3.63, 3.8) is 0 Å². The van der Waals surface area contributed by atoms with E-state index in [2.05, 4.69) is 56.0 Å². The van der Waals surface area contributed by atoms with Gasteiger partial charge >= 0.3 is 0 Å². The van der Waals surface area contributed by atoms with Gasteiger partial charge in [-0.1, -0.05) is 36.8 Å². The van der Waals surface area contributed by atoms with E-state index < -0.39 is 0 Å². The molecule has 6 heteroatoms. The molecule has 2 unspecified atom stereocenters. The molecule has 144 valence electrons. The molecule has 2 aliphatic rings. The first-order valence-electron chi connectivity index (χ1n) is 10.2. The Morgan fingerprint density at radius 3 is 2.89 bits per heavy atom. The van der Waals surface area contributed by atoms with E-state index in [-0.39, 0.29) is 11.8 Å². The van der Waals surface area contributed by atoms with Crippen LogP contribution in [0.4, 0.5) is 0 Å². The monoisotopic (exact) mass is 367 g/mol. The summed E-state index contributed by atoms with van der Waals surface area (Å²) in [6.45, 7) is 4.00. The van der Waals surface area contributed by atoms with Crippen LogP contribution in [0.15, 0.2) is 30.3 Å². The minimum absolute atomic E-state index is 0.0359. The maximum atomic E-state index is 12.6. The Hall–Kier alpha value is -2.21. The second-order valence-electron chi connectivity index (χ2n) is 7.98. The lowest BCUT2D eigenvalue weighted by Gasteiger charge is -2.26. The average molecular weight is 367 g/mol. The van der Waals surface area contributed by atoms with Crippen LogP contribution in [0.1, 0.15) is 42.6 Å². The van der Waals surface area contributed by atoms with Gasteiger partial charge < -0.3 is 5.32 Å². The molecule has 0 radical (unpaired) electrons. The Balaban J connectivity index is 1.27. The quantitative estimate of drug-likeness (QED) is 0.851. The number of hydrogen-bond acceptors (Lipinski definition) is 4. The van der Waals surface area contributed by atoms with Gasteiger partial charge in [-0.3, -0.25) is 9.69 Å². The van der Waals surface area contributed by atoms with E-state index in [9.17, 15) is 4.79 Å². The number of likely N-dealkylation sites (tertiary alicyclic amines) is 1. The zero-order valence-corrected chi connectivity index (χ0v) is 15.9. The second kappa shape index (κ2) is 8.65. The number of carbonyl (C=O) groups is 1.